The number of rotatable bonds is 8. The molecule has 0 spiro atoms. The zero-order chi connectivity index (χ0) is 26.6. The van der Waals surface area contributed by atoms with Crippen LogP contribution < -0.4 is 15.6 Å². The Bertz CT molecular complexity index is 1530. The molecule has 2 N–H and O–H groups in total. The molecule has 1 atom stereocenters. The summed E-state index contributed by atoms with van der Waals surface area (Å²) in [6.45, 7) is 4.91. The Morgan fingerprint density at radius 2 is 1.84 bits per heavy atom. The van der Waals surface area contributed by atoms with E-state index in [1.165, 1.54) is 4.57 Å². The Morgan fingerprint density at radius 3 is 2.63 bits per heavy atom. The standard InChI is InChI=1S/C30H29N3O4S/c1-3-37-25-11-7-6-10-23(25)33-29(36)26(27-22-9-5-4-8-20(22)16-17-31-27)28(35)32-30(33)38-18-24(34)21-14-12-19(2)13-15-21/h4-15,27,31,35H,3,16-18H2,1-2H3/t27-/m0/s1. The van der Waals surface area contributed by atoms with E-state index >= 15 is 0 Å². The number of nitrogens with zero attached hydrogens (tertiary/aromatic N) is 2. The van der Waals surface area contributed by atoms with Crippen LogP contribution in [0.25, 0.3) is 5.69 Å². The molecular formula is C30H29N3O4S. The Hall–Kier alpha value is -3.88. The third kappa shape index (κ3) is 5.10. The fourth-order valence-corrected chi connectivity index (χ4v) is 5.59. The summed E-state index contributed by atoms with van der Waals surface area (Å²) in [5.74, 6) is 0.120. The van der Waals surface area contributed by atoms with Gasteiger partial charge >= 0.3 is 0 Å². The number of carbonyl (C=O) groups is 1. The maximum Gasteiger partial charge on any atom is 0.267 e. The van der Waals surface area contributed by atoms with Crippen LogP contribution >= 0.6 is 11.8 Å². The van der Waals surface area contributed by atoms with Crippen LogP contribution in [0.15, 0.2) is 82.7 Å². The summed E-state index contributed by atoms with van der Waals surface area (Å²) in [4.78, 5) is 31.6. The van der Waals surface area contributed by atoms with Gasteiger partial charge in [-0.3, -0.25) is 14.2 Å². The average molecular weight is 528 g/mol. The second-order valence-corrected chi connectivity index (χ2v) is 10.0. The highest BCUT2D eigenvalue weighted by atomic mass is 32.2. The monoisotopic (exact) mass is 527 g/mol. The lowest BCUT2D eigenvalue weighted by molar-refractivity contribution is 0.102. The molecule has 8 heteroatoms. The quantitative estimate of drug-likeness (QED) is 0.192. The first kappa shape index (κ1) is 25.8. The number of fused-ring (bicyclic) bond motifs is 1. The first-order valence-corrected chi connectivity index (χ1v) is 13.6. The third-order valence-electron chi connectivity index (χ3n) is 6.58. The maximum atomic E-state index is 14.2. The number of carbonyl (C=O) groups excluding carboxylic acids is 1. The zero-order valence-corrected chi connectivity index (χ0v) is 22.1. The Kier molecular flexibility index (Phi) is 7.62. The number of aromatic nitrogens is 2. The average Bonchev–Trinajstić information content (AvgIpc) is 2.93. The Balaban J connectivity index is 1.62. The van der Waals surface area contributed by atoms with Crippen molar-refractivity contribution in [2.75, 3.05) is 18.9 Å². The summed E-state index contributed by atoms with van der Waals surface area (Å²) in [6.07, 6.45) is 0.831. The van der Waals surface area contributed by atoms with Gasteiger partial charge in [0.15, 0.2) is 10.9 Å². The lowest BCUT2D eigenvalue weighted by Gasteiger charge is -2.28. The minimum absolute atomic E-state index is 0.0512. The molecular weight excluding hydrogens is 498 g/mol. The predicted octanol–water partition coefficient (Wildman–Crippen LogP) is 4.86. The molecule has 3 aromatic carbocycles. The normalized spacial score (nSPS) is 14.6. The van der Waals surface area contributed by atoms with Gasteiger partial charge in [-0.05, 0) is 43.5 Å². The van der Waals surface area contributed by atoms with Crippen LogP contribution in [0.2, 0.25) is 0 Å². The molecule has 0 saturated heterocycles. The summed E-state index contributed by atoms with van der Waals surface area (Å²) < 4.78 is 7.29. The van der Waals surface area contributed by atoms with Crippen LogP contribution in [0.5, 0.6) is 11.6 Å². The van der Waals surface area contributed by atoms with Crippen molar-refractivity contribution in [2.45, 2.75) is 31.5 Å². The van der Waals surface area contributed by atoms with Crippen LogP contribution in [-0.4, -0.2) is 39.3 Å². The largest absolute Gasteiger partial charge is 0.493 e. The molecule has 0 unspecified atom stereocenters. The van der Waals surface area contributed by atoms with Gasteiger partial charge in [-0.15, -0.1) is 0 Å². The lowest BCUT2D eigenvalue weighted by Crippen LogP contribution is -2.37. The number of ketones is 1. The molecule has 0 bridgehead atoms. The molecule has 5 rings (SSSR count). The van der Waals surface area contributed by atoms with E-state index in [2.05, 4.69) is 10.3 Å². The topological polar surface area (TPSA) is 93.5 Å². The SMILES string of the molecule is CCOc1ccccc1-n1c(SCC(=O)c2ccc(C)cc2)nc(O)c([C@H]2NCCc3ccccc32)c1=O. The Labute approximate surface area is 225 Å². The van der Waals surface area contributed by atoms with Crippen LogP contribution in [0, 0.1) is 6.92 Å². The first-order chi connectivity index (χ1) is 18.5. The molecule has 2 heterocycles. The minimum Gasteiger partial charge on any atom is -0.493 e. The number of para-hydroxylation sites is 2. The molecule has 0 fully saturated rings. The number of aryl methyl sites for hydroxylation is 1. The zero-order valence-electron chi connectivity index (χ0n) is 21.3. The maximum absolute atomic E-state index is 14.2. The van der Waals surface area contributed by atoms with Gasteiger partial charge in [0.25, 0.3) is 5.56 Å². The van der Waals surface area contributed by atoms with Crippen molar-refractivity contribution in [1.82, 2.24) is 14.9 Å². The van der Waals surface area contributed by atoms with E-state index in [9.17, 15) is 14.7 Å². The van der Waals surface area contributed by atoms with Crippen molar-refractivity contribution < 1.29 is 14.6 Å². The highest BCUT2D eigenvalue weighted by Crippen LogP contribution is 2.34. The summed E-state index contributed by atoms with van der Waals surface area (Å²) in [5, 5.41) is 14.7. The molecule has 1 aliphatic heterocycles. The smallest absolute Gasteiger partial charge is 0.267 e. The van der Waals surface area contributed by atoms with Gasteiger partial charge < -0.3 is 15.2 Å². The fraction of sp³-hybridized carbons (Fsp3) is 0.233. The van der Waals surface area contributed by atoms with E-state index in [4.69, 9.17) is 4.74 Å². The number of benzene rings is 3. The summed E-state index contributed by atoms with van der Waals surface area (Å²) in [5.41, 5.74) is 3.96. The van der Waals surface area contributed by atoms with Gasteiger partial charge in [0.2, 0.25) is 5.88 Å². The minimum atomic E-state index is -0.515. The molecule has 0 amide bonds. The van der Waals surface area contributed by atoms with E-state index in [0.29, 0.717) is 30.2 Å². The van der Waals surface area contributed by atoms with E-state index in [-0.39, 0.29) is 28.1 Å². The number of Topliss-reactive ketones (excluding diaryl/α,β-unsaturated/α-hetero) is 1. The number of hydrogen-bond donors (Lipinski definition) is 2. The molecule has 38 heavy (non-hydrogen) atoms. The number of hydrogen-bond acceptors (Lipinski definition) is 7. The molecule has 7 nitrogen and oxygen atoms in total. The highest BCUT2D eigenvalue weighted by Gasteiger charge is 2.30. The van der Waals surface area contributed by atoms with Crippen molar-refractivity contribution in [3.05, 3.63) is 111 Å². The molecule has 194 valence electrons. The lowest BCUT2D eigenvalue weighted by atomic mass is 9.90. The highest BCUT2D eigenvalue weighted by molar-refractivity contribution is 7.99. The molecule has 0 aliphatic carbocycles. The van der Waals surface area contributed by atoms with E-state index in [0.717, 1.165) is 34.9 Å². The molecule has 1 aliphatic rings. The van der Waals surface area contributed by atoms with E-state index in [1.807, 2.05) is 62.4 Å². The molecule has 4 aromatic rings. The van der Waals surface area contributed by atoms with E-state index in [1.54, 1.807) is 24.3 Å². The van der Waals surface area contributed by atoms with Crippen molar-refractivity contribution >= 4 is 17.5 Å². The van der Waals surface area contributed by atoms with Crippen LogP contribution in [0.4, 0.5) is 0 Å². The predicted molar refractivity (Wildman–Crippen MR) is 149 cm³/mol. The Morgan fingerprint density at radius 1 is 1.11 bits per heavy atom. The van der Waals surface area contributed by atoms with Crippen molar-refractivity contribution in [3.63, 3.8) is 0 Å². The van der Waals surface area contributed by atoms with Crippen LogP contribution in [-0.2, 0) is 6.42 Å². The van der Waals surface area contributed by atoms with Gasteiger partial charge in [-0.2, -0.15) is 4.98 Å². The number of ether oxygens (including phenoxy) is 1. The summed E-state index contributed by atoms with van der Waals surface area (Å²) in [6, 6.07) is 22.0. The summed E-state index contributed by atoms with van der Waals surface area (Å²) >= 11 is 1.11. The van der Waals surface area contributed by atoms with Gasteiger partial charge in [-0.1, -0.05) is 78.0 Å². The van der Waals surface area contributed by atoms with Gasteiger partial charge in [-0.25, -0.2) is 0 Å². The van der Waals surface area contributed by atoms with Crippen molar-refractivity contribution in [3.8, 4) is 17.3 Å². The molecule has 1 aromatic heterocycles. The second-order valence-electron chi connectivity index (χ2n) is 9.09. The first-order valence-electron chi connectivity index (χ1n) is 12.6. The van der Waals surface area contributed by atoms with Crippen LogP contribution in [0.3, 0.4) is 0 Å². The van der Waals surface area contributed by atoms with Crippen LogP contribution in [0.1, 0.15) is 45.6 Å². The van der Waals surface area contributed by atoms with Gasteiger partial charge in [0.05, 0.1) is 24.1 Å². The fourth-order valence-electron chi connectivity index (χ4n) is 4.70. The number of nitrogens with one attached hydrogen (secondary N) is 1. The van der Waals surface area contributed by atoms with E-state index < -0.39 is 11.6 Å². The molecule has 0 saturated carbocycles. The number of aromatic hydroxyl groups is 1. The van der Waals surface area contributed by atoms with Gasteiger partial charge in [0, 0.05) is 12.1 Å². The van der Waals surface area contributed by atoms with Gasteiger partial charge in [0.1, 0.15) is 11.3 Å². The van der Waals surface area contributed by atoms with Crippen molar-refractivity contribution in [1.29, 1.82) is 0 Å². The molecule has 0 radical (unpaired) electrons. The second kappa shape index (κ2) is 11.2. The number of thioether (sulfide) groups is 1. The summed E-state index contributed by atoms with van der Waals surface area (Å²) in [7, 11) is 0. The van der Waals surface area contributed by atoms with Crippen molar-refractivity contribution in [2.24, 2.45) is 0 Å². The third-order valence-corrected chi connectivity index (χ3v) is 7.52.